The molecule has 0 bridgehead atoms. The highest BCUT2D eigenvalue weighted by atomic mass is 16.7. The van der Waals surface area contributed by atoms with E-state index in [9.17, 15) is 50.4 Å². The van der Waals surface area contributed by atoms with Gasteiger partial charge in [-0.15, -0.1) is 0 Å². The number of hydrogen-bond donors (Lipinski definition) is 8. The molecule has 10 unspecified atom stereocenters. The maximum absolute atomic E-state index is 13.3. The van der Waals surface area contributed by atoms with E-state index < -0.39 is 91.6 Å². The molecule has 4 heterocycles. The third kappa shape index (κ3) is 4.76. The molecule has 0 saturated carbocycles. The van der Waals surface area contributed by atoms with Gasteiger partial charge in [-0.05, 0) is 24.6 Å². The number of hydrogen-bond acceptors (Lipinski definition) is 16. The summed E-state index contributed by atoms with van der Waals surface area (Å²) in [5.74, 6) is -0.599. The largest absolute Gasteiger partial charge is 0.506 e. The Morgan fingerprint density at radius 1 is 0.702 bits per heavy atom. The molecular weight excluding hydrogens is 628 g/mol. The van der Waals surface area contributed by atoms with Crippen molar-refractivity contribution >= 4 is 43.5 Å². The summed E-state index contributed by atoms with van der Waals surface area (Å²) in [4.78, 5) is 26.3. The first kappa shape index (κ1) is 31.6. The minimum atomic E-state index is -1.89. The van der Waals surface area contributed by atoms with Crippen LogP contribution < -0.4 is 16.0 Å². The molecule has 2 fully saturated rings. The molecule has 10 atom stereocenters. The molecule has 0 amide bonds. The van der Waals surface area contributed by atoms with Gasteiger partial charge in [-0.1, -0.05) is 18.2 Å². The lowest BCUT2D eigenvalue weighted by Gasteiger charge is -2.45. The first-order valence-electron chi connectivity index (χ1n) is 14.6. The van der Waals surface area contributed by atoms with E-state index in [1.807, 2.05) is 0 Å². The van der Waals surface area contributed by atoms with Gasteiger partial charge in [0, 0.05) is 16.2 Å². The third-order valence-electron chi connectivity index (χ3n) is 8.86. The fourth-order valence-corrected chi connectivity index (χ4v) is 6.45. The average Bonchev–Trinajstić information content (AvgIpc) is 3.05. The number of fused-ring (bicyclic) bond motifs is 2. The molecule has 0 spiro atoms. The number of benzene rings is 3. The minimum Gasteiger partial charge on any atom is -0.506 e. The highest BCUT2D eigenvalue weighted by Gasteiger charge is 2.51. The smallest absolute Gasteiger partial charge is 0.348 e. The van der Waals surface area contributed by atoms with E-state index in [4.69, 9.17) is 27.8 Å². The van der Waals surface area contributed by atoms with Crippen LogP contribution in [0.15, 0.2) is 48.8 Å². The van der Waals surface area contributed by atoms with Crippen molar-refractivity contribution in [3.8, 4) is 11.5 Å². The van der Waals surface area contributed by atoms with Gasteiger partial charge in [0.15, 0.2) is 11.9 Å². The van der Waals surface area contributed by atoms with Crippen molar-refractivity contribution in [1.82, 2.24) is 0 Å². The predicted molar refractivity (Wildman–Crippen MR) is 158 cm³/mol. The fourth-order valence-electron chi connectivity index (χ4n) is 6.45. The van der Waals surface area contributed by atoms with Crippen molar-refractivity contribution in [2.45, 2.75) is 68.3 Å². The molecule has 47 heavy (non-hydrogen) atoms. The van der Waals surface area contributed by atoms with E-state index in [-0.39, 0.29) is 49.2 Å². The Hall–Kier alpha value is -3.94. The molecular formula is C31H30O16. The number of phenolic OH excluding ortho intramolecular Hbond substituents is 1. The lowest BCUT2D eigenvalue weighted by Crippen LogP contribution is -2.65. The van der Waals surface area contributed by atoms with Gasteiger partial charge in [-0.25, -0.2) is 9.59 Å². The standard InChI is InChI=1S/C31H30O16/c1-9-5-6-12-17-15(9)28(40)46-27-16-10(20(34)19(18(17)27)29(41)42-12)3-2-4-11(16)43-30-25(39)23(37)26(14(8-33)45-30)47-31-24(38)22(36)21(35)13(7-32)44-31/h2-6,13-14,21-26,30-39H,7-8H2,1H3. The van der Waals surface area contributed by atoms with Crippen molar-refractivity contribution in [2.24, 2.45) is 0 Å². The second-order valence-electron chi connectivity index (χ2n) is 11.6. The Labute approximate surface area is 262 Å². The first-order valence-corrected chi connectivity index (χ1v) is 14.6. The summed E-state index contributed by atoms with van der Waals surface area (Å²) < 4.78 is 33.8. The fraction of sp³-hybridized carbons (Fsp3) is 0.419. The van der Waals surface area contributed by atoms with E-state index in [1.54, 1.807) is 13.0 Å². The number of ether oxygens (including phenoxy) is 4. The molecule has 7 rings (SSSR count). The monoisotopic (exact) mass is 658 g/mol. The highest BCUT2D eigenvalue weighted by molar-refractivity contribution is 6.28. The van der Waals surface area contributed by atoms with Gasteiger partial charge < -0.3 is 68.6 Å². The zero-order valence-corrected chi connectivity index (χ0v) is 24.4. The minimum absolute atomic E-state index is 0.0222. The highest BCUT2D eigenvalue weighted by Crippen LogP contribution is 2.45. The molecule has 250 valence electrons. The van der Waals surface area contributed by atoms with Crippen LogP contribution in [0.4, 0.5) is 0 Å². The maximum Gasteiger partial charge on any atom is 0.348 e. The van der Waals surface area contributed by atoms with E-state index in [1.165, 1.54) is 24.3 Å². The molecule has 2 aromatic heterocycles. The first-order chi connectivity index (χ1) is 22.5. The Morgan fingerprint density at radius 3 is 2.11 bits per heavy atom. The summed E-state index contributed by atoms with van der Waals surface area (Å²) in [6.07, 6.45) is -16.8. The SMILES string of the molecule is Cc1ccc2oc(=O)c3c(O)c4cccc(OC5OC(CO)C(OC6OC(CO)C(O)C(O)C6O)C(O)C5O)c4c4oc(=O)c1c2c34. The van der Waals surface area contributed by atoms with E-state index >= 15 is 0 Å². The van der Waals surface area contributed by atoms with Crippen molar-refractivity contribution in [3.63, 3.8) is 0 Å². The van der Waals surface area contributed by atoms with Crippen LogP contribution in [0.3, 0.4) is 0 Å². The number of aliphatic hydroxyl groups is 7. The predicted octanol–water partition coefficient (Wildman–Crippen LogP) is -1.34. The number of rotatable bonds is 6. The van der Waals surface area contributed by atoms with Crippen LogP contribution in [-0.2, 0) is 14.2 Å². The molecule has 0 aliphatic carbocycles. The summed E-state index contributed by atoms with van der Waals surface area (Å²) >= 11 is 0. The second kappa shape index (κ2) is 11.6. The number of aliphatic hydroxyl groups excluding tert-OH is 7. The lowest BCUT2D eigenvalue weighted by molar-refractivity contribution is -0.352. The van der Waals surface area contributed by atoms with Crippen molar-refractivity contribution in [3.05, 3.63) is 56.7 Å². The van der Waals surface area contributed by atoms with E-state index in [2.05, 4.69) is 0 Å². The quantitative estimate of drug-likeness (QED) is 0.0596. The normalized spacial score (nSPS) is 31.7. The van der Waals surface area contributed by atoms with Gasteiger partial charge in [0.2, 0.25) is 6.29 Å². The zero-order chi connectivity index (χ0) is 33.5. The number of phenols is 1. The van der Waals surface area contributed by atoms with Crippen LogP contribution in [0.5, 0.6) is 11.5 Å². The van der Waals surface area contributed by atoms with Crippen LogP contribution in [0.1, 0.15) is 5.56 Å². The molecule has 3 aromatic carbocycles. The van der Waals surface area contributed by atoms with E-state index in [0.29, 0.717) is 5.56 Å². The van der Waals surface area contributed by atoms with Gasteiger partial charge in [0.1, 0.15) is 71.3 Å². The van der Waals surface area contributed by atoms with Gasteiger partial charge in [-0.3, -0.25) is 0 Å². The second-order valence-corrected chi connectivity index (χ2v) is 11.6. The van der Waals surface area contributed by atoms with Crippen LogP contribution in [0.25, 0.3) is 43.5 Å². The summed E-state index contributed by atoms with van der Waals surface area (Å²) in [6, 6.07) is 7.39. The zero-order valence-electron chi connectivity index (χ0n) is 24.4. The lowest BCUT2D eigenvalue weighted by atomic mass is 9.95. The van der Waals surface area contributed by atoms with Gasteiger partial charge in [-0.2, -0.15) is 0 Å². The van der Waals surface area contributed by atoms with Crippen molar-refractivity contribution in [1.29, 1.82) is 0 Å². The number of aryl methyl sites for hydroxylation is 1. The van der Waals surface area contributed by atoms with Gasteiger partial charge >= 0.3 is 11.3 Å². The van der Waals surface area contributed by atoms with Crippen LogP contribution in [-0.4, -0.2) is 115 Å². The molecule has 8 N–H and O–H groups in total. The van der Waals surface area contributed by atoms with Gasteiger partial charge in [0.05, 0.1) is 24.0 Å². The molecule has 2 aliphatic rings. The van der Waals surface area contributed by atoms with Crippen LogP contribution in [0, 0.1) is 6.92 Å². The van der Waals surface area contributed by atoms with Crippen LogP contribution >= 0.6 is 0 Å². The summed E-state index contributed by atoms with van der Waals surface area (Å²) in [5.41, 5.74) is -1.13. The van der Waals surface area contributed by atoms with E-state index in [0.717, 1.165) is 0 Å². The molecule has 2 aliphatic heterocycles. The van der Waals surface area contributed by atoms with Gasteiger partial charge in [0.25, 0.3) is 0 Å². The Morgan fingerprint density at radius 2 is 1.38 bits per heavy atom. The Balaban J connectivity index is 1.28. The molecule has 5 aromatic rings. The maximum atomic E-state index is 13.3. The van der Waals surface area contributed by atoms with Crippen molar-refractivity contribution < 1.29 is 68.6 Å². The summed E-state index contributed by atoms with van der Waals surface area (Å²) in [7, 11) is 0. The number of aromatic hydroxyl groups is 1. The topological polar surface area (TPSA) is 259 Å². The van der Waals surface area contributed by atoms with Crippen molar-refractivity contribution in [2.75, 3.05) is 13.2 Å². The van der Waals surface area contributed by atoms with Crippen LogP contribution in [0.2, 0.25) is 0 Å². The molecule has 2 saturated heterocycles. The third-order valence-corrected chi connectivity index (χ3v) is 8.86. The molecule has 0 radical (unpaired) electrons. The average molecular weight is 659 g/mol. The Bertz CT molecular complexity index is 2080. The summed E-state index contributed by atoms with van der Waals surface area (Å²) in [6.45, 7) is 0.122. The molecule has 16 nitrogen and oxygen atoms in total. The molecule has 16 heteroatoms. The summed E-state index contributed by atoms with van der Waals surface area (Å²) in [5, 5.41) is 83.9. The Kier molecular flexibility index (Phi) is 7.84.